The number of pyridine rings is 3. The standard InChI is InChI=1S/C29H26FN9O3S/c1-3-4-24(40)34-19-10-17(11-32-12-19)21-5-6-22-26(35-21)27(39-38-22)29-36-23-14-33-13-20(25(23)37-29)15-7-16(9-18(30)8-15)28(31)43(2,41)42/h5-14,28H,3-4,31H2,1-2H3,(H,34,40)(H,36,37)(H,38,39). The molecule has 5 N–H and O–H groups in total. The monoisotopic (exact) mass is 599 g/mol. The molecule has 1 amide bonds. The number of halogens is 1. The molecule has 6 rings (SSSR count). The number of aromatic amines is 2. The van der Waals surface area contributed by atoms with Gasteiger partial charge in [0.2, 0.25) is 5.91 Å². The summed E-state index contributed by atoms with van der Waals surface area (Å²) in [5.74, 6) is -0.338. The Hall–Kier alpha value is -5.08. The molecule has 0 aliphatic rings. The molecular weight excluding hydrogens is 573 g/mol. The number of imidazole rings is 1. The number of H-pyrrole nitrogens is 2. The molecule has 12 nitrogen and oxygen atoms in total. The molecule has 218 valence electrons. The molecule has 14 heteroatoms. The van der Waals surface area contributed by atoms with E-state index in [0.717, 1.165) is 18.7 Å². The van der Waals surface area contributed by atoms with Gasteiger partial charge in [-0.3, -0.25) is 19.9 Å². The molecule has 0 bridgehead atoms. The molecule has 0 saturated carbocycles. The van der Waals surface area contributed by atoms with Gasteiger partial charge in [-0.2, -0.15) is 5.10 Å². The van der Waals surface area contributed by atoms with Crippen LogP contribution in [0.3, 0.4) is 0 Å². The van der Waals surface area contributed by atoms with Crippen molar-refractivity contribution in [3.63, 3.8) is 0 Å². The van der Waals surface area contributed by atoms with Crippen LogP contribution in [0.25, 0.3) is 56.0 Å². The topological polar surface area (TPSA) is 185 Å². The normalized spacial score (nSPS) is 12.6. The van der Waals surface area contributed by atoms with Gasteiger partial charge in [-0.15, -0.1) is 0 Å². The van der Waals surface area contributed by atoms with Crippen LogP contribution in [-0.4, -0.2) is 55.7 Å². The van der Waals surface area contributed by atoms with Crippen molar-refractivity contribution in [2.75, 3.05) is 11.6 Å². The highest BCUT2D eigenvalue weighted by Crippen LogP contribution is 2.33. The van der Waals surface area contributed by atoms with Crippen LogP contribution < -0.4 is 11.1 Å². The molecule has 0 fully saturated rings. The molecule has 0 radical (unpaired) electrons. The second-order valence-electron chi connectivity index (χ2n) is 10.1. The van der Waals surface area contributed by atoms with Gasteiger partial charge in [0.25, 0.3) is 0 Å². The van der Waals surface area contributed by atoms with Gasteiger partial charge in [0.1, 0.15) is 16.7 Å². The summed E-state index contributed by atoms with van der Waals surface area (Å²) in [5, 5.41) is 8.87. The molecule has 43 heavy (non-hydrogen) atoms. The Labute approximate surface area is 244 Å². The second kappa shape index (κ2) is 11.0. The zero-order chi connectivity index (χ0) is 30.3. The van der Waals surface area contributed by atoms with E-state index in [9.17, 15) is 17.6 Å². The van der Waals surface area contributed by atoms with Crippen molar-refractivity contribution >= 4 is 43.5 Å². The van der Waals surface area contributed by atoms with Crippen molar-refractivity contribution in [2.24, 2.45) is 5.73 Å². The quantitative estimate of drug-likeness (QED) is 0.195. The number of nitrogens with one attached hydrogen (secondary N) is 3. The van der Waals surface area contributed by atoms with Crippen LogP contribution in [0.15, 0.2) is 61.2 Å². The maximum atomic E-state index is 14.6. The van der Waals surface area contributed by atoms with E-state index in [0.29, 0.717) is 68.1 Å². The third kappa shape index (κ3) is 5.57. The van der Waals surface area contributed by atoms with E-state index in [1.807, 2.05) is 19.1 Å². The molecule has 6 aromatic rings. The molecule has 0 aliphatic heterocycles. The number of rotatable bonds is 8. The number of hydrogen-bond acceptors (Lipinski definition) is 9. The van der Waals surface area contributed by atoms with E-state index in [1.165, 1.54) is 18.3 Å². The van der Waals surface area contributed by atoms with Crippen LogP contribution in [-0.2, 0) is 14.6 Å². The Morgan fingerprint density at radius 3 is 2.60 bits per heavy atom. The van der Waals surface area contributed by atoms with Crippen molar-refractivity contribution in [1.82, 2.24) is 35.1 Å². The lowest BCUT2D eigenvalue weighted by Gasteiger charge is -2.12. The lowest BCUT2D eigenvalue weighted by molar-refractivity contribution is -0.116. The molecule has 5 heterocycles. The third-order valence-electron chi connectivity index (χ3n) is 6.84. The zero-order valence-corrected chi connectivity index (χ0v) is 23.9. The van der Waals surface area contributed by atoms with Gasteiger partial charge in [-0.1, -0.05) is 6.92 Å². The zero-order valence-electron chi connectivity index (χ0n) is 23.1. The maximum absolute atomic E-state index is 14.6. The minimum atomic E-state index is -3.66. The first kappa shape index (κ1) is 28.1. The predicted molar refractivity (Wildman–Crippen MR) is 161 cm³/mol. The summed E-state index contributed by atoms with van der Waals surface area (Å²) < 4.78 is 38.7. The van der Waals surface area contributed by atoms with E-state index >= 15 is 0 Å². The summed E-state index contributed by atoms with van der Waals surface area (Å²) >= 11 is 0. The number of amides is 1. The summed E-state index contributed by atoms with van der Waals surface area (Å²) in [6.45, 7) is 1.93. The third-order valence-corrected chi connectivity index (χ3v) is 8.04. The first-order chi connectivity index (χ1) is 20.6. The van der Waals surface area contributed by atoms with Gasteiger partial charge in [0, 0.05) is 36.2 Å². The van der Waals surface area contributed by atoms with Gasteiger partial charge in [-0.25, -0.2) is 22.8 Å². The van der Waals surface area contributed by atoms with Crippen LogP contribution in [0, 0.1) is 5.82 Å². The highest BCUT2D eigenvalue weighted by Gasteiger charge is 2.21. The van der Waals surface area contributed by atoms with E-state index in [2.05, 4.69) is 30.5 Å². The minimum Gasteiger partial charge on any atom is -0.335 e. The summed E-state index contributed by atoms with van der Waals surface area (Å²) in [4.78, 5) is 33.4. The number of hydrogen-bond donors (Lipinski definition) is 4. The van der Waals surface area contributed by atoms with Gasteiger partial charge < -0.3 is 16.0 Å². The number of carbonyl (C=O) groups is 1. The Balaban J connectivity index is 1.40. The fourth-order valence-electron chi connectivity index (χ4n) is 4.76. The van der Waals surface area contributed by atoms with E-state index in [4.69, 9.17) is 15.7 Å². The molecule has 1 atom stereocenters. The molecule has 0 spiro atoms. The van der Waals surface area contributed by atoms with Crippen molar-refractivity contribution in [3.05, 3.63) is 72.6 Å². The number of carbonyl (C=O) groups excluding carboxylic acids is 1. The summed E-state index contributed by atoms with van der Waals surface area (Å²) in [7, 11) is -3.66. The van der Waals surface area contributed by atoms with Gasteiger partial charge in [-0.05, 0) is 53.9 Å². The van der Waals surface area contributed by atoms with Gasteiger partial charge in [0.15, 0.2) is 21.4 Å². The molecule has 0 aliphatic carbocycles. The Morgan fingerprint density at radius 1 is 1.00 bits per heavy atom. The van der Waals surface area contributed by atoms with Crippen LogP contribution in [0.1, 0.15) is 30.7 Å². The Kier molecular flexibility index (Phi) is 7.15. The smallest absolute Gasteiger partial charge is 0.224 e. The van der Waals surface area contributed by atoms with Crippen molar-refractivity contribution in [3.8, 4) is 33.9 Å². The fraction of sp³-hybridized carbons (Fsp3) is 0.172. The average Bonchev–Trinajstić information content (AvgIpc) is 3.60. The Morgan fingerprint density at radius 2 is 1.81 bits per heavy atom. The van der Waals surface area contributed by atoms with Crippen LogP contribution >= 0.6 is 0 Å². The molecule has 5 aromatic heterocycles. The predicted octanol–water partition coefficient (Wildman–Crippen LogP) is 4.50. The summed E-state index contributed by atoms with van der Waals surface area (Å²) in [6, 6.07) is 9.35. The number of nitrogens with two attached hydrogens (primary N) is 1. The van der Waals surface area contributed by atoms with Crippen molar-refractivity contribution in [2.45, 2.75) is 25.1 Å². The highest BCUT2D eigenvalue weighted by molar-refractivity contribution is 7.90. The largest absolute Gasteiger partial charge is 0.335 e. The maximum Gasteiger partial charge on any atom is 0.224 e. The van der Waals surface area contributed by atoms with E-state index in [1.54, 1.807) is 24.7 Å². The van der Waals surface area contributed by atoms with E-state index < -0.39 is 21.0 Å². The van der Waals surface area contributed by atoms with Crippen LogP contribution in [0.2, 0.25) is 0 Å². The number of aromatic nitrogens is 7. The highest BCUT2D eigenvalue weighted by atomic mass is 32.2. The number of benzene rings is 1. The summed E-state index contributed by atoms with van der Waals surface area (Å²) in [5.41, 5.74) is 11.4. The first-order valence-corrected chi connectivity index (χ1v) is 15.3. The number of fused-ring (bicyclic) bond motifs is 2. The molecule has 0 saturated heterocycles. The summed E-state index contributed by atoms with van der Waals surface area (Å²) in [6.07, 6.45) is 8.49. The second-order valence-corrected chi connectivity index (χ2v) is 12.3. The lowest BCUT2D eigenvalue weighted by atomic mass is 10.0. The van der Waals surface area contributed by atoms with Gasteiger partial charge >= 0.3 is 0 Å². The molecule has 1 unspecified atom stereocenters. The van der Waals surface area contributed by atoms with Crippen LogP contribution in [0.4, 0.5) is 10.1 Å². The average molecular weight is 600 g/mol. The van der Waals surface area contributed by atoms with E-state index in [-0.39, 0.29) is 11.5 Å². The molecule has 1 aromatic carbocycles. The van der Waals surface area contributed by atoms with Gasteiger partial charge in [0.05, 0.1) is 40.3 Å². The van der Waals surface area contributed by atoms with Crippen molar-refractivity contribution in [1.29, 1.82) is 0 Å². The SMILES string of the molecule is CCCC(=O)Nc1cncc(-c2ccc3[nH]nc(-c4nc5c(-c6cc(F)cc(C(N)S(C)(=O)=O)c6)cncc5[nH]4)c3n2)c1. The number of nitrogens with zero attached hydrogens (tertiary/aromatic N) is 5. The van der Waals surface area contributed by atoms with Crippen LogP contribution in [0.5, 0.6) is 0 Å². The molecular formula is C29H26FN9O3S. The number of anilines is 1. The number of sulfone groups is 1. The minimum absolute atomic E-state index is 0.0894. The Bertz CT molecular complexity index is 2130. The first-order valence-electron chi connectivity index (χ1n) is 13.3. The lowest BCUT2D eigenvalue weighted by Crippen LogP contribution is -2.20. The van der Waals surface area contributed by atoms with Crippen molar-refractivity contribution < 1.29 is 17.6 Å². The fourth-order valence-corrected chi connectivity index (χ4v) is 5.39.